The van der Waals surface area contributed by atoms with Crippen LogP contribution in [0.4, 0.5) is 4.39 Å². The molecule has 2 heterocycles. The quantitative estimate of drug-likeness (QED) is 0.190. The maximum absolute atomic E-state index is 17.0. The SMILES string of the molecule is N#Cc1c(F)c(-n2c3ccccc3c3ccccc32)c(C#N)c2oc3ccc4ccccc4c3c3c(ccc4ccccc43)oc12. The van der Waals surface area contributed by atoms with Gasteiger partial charge in [-0.1, -0.05) is 97.1 Å². The number of rotatable bonds is 1. The largest absolute Gasteiger partial charge is 0.451 e. The maximum Gasteiger partial charge on any atom is 0.192 e. The van der Waals surface area contributed by atoms with Crippen molar-refractivity contribution in [1.29, 1.82) is 10.5 Å². The van der Waals surface area contributed by atoms with E-state index in [2.05, 4.69) is 6.07 Å². The third-order valence-corrected chi connectivity index (χ3v) is 8.81. The van der Waals surface area contributed by atoms with Gasteiger partial charge in [0.2, 0.25) is 0 Å². The summed E-state index contributed by atoms with van der Waals surface area (Å²) in [5, 5.41) is 28.4. The van der Waals surface area contributed by atoms with Gasteiger partial charge in [-0.3, -0.25) is 0 Å². The fraction of sp³-hybridized carbons (Fsp3) is 0. The number of hydrogen-bond acceptors (Lipinski definition) is 4. The highest BCUT2D eigenvalue weighted by Gasteiger charge is 2.27. The fourth-order valence-electron chi connectivity index (χ4n) is 6.84. The van der Waals surface area contributed by atoms with E-state index in [1.54, 1.807) is 4.57 Å². The first-order valence-electron chi connectivity index (χ1n) is 14.8. The van der Waals surface area contributed by atoms with E-state index in [0.29, 0.717) is 22.2 Å². The predicted octanol–water partition coefficient (Wildman–Crippen LogP) is 10.7. The first-order valence-corrected chi connectivity index (χ1v) is 14.8. The molecule has 6 heteroatoms. The zero-order valence-corrected chi connectivity index (χ0v) is 24.1. The molecule has 46 heavy (non-hydrogen) atoms. The molecule has 2 aromatic heterocycles. The van der Waals surface area contributed by atoms with E-state index in [4.69, 9.17) is 8.83 Å². The average Bonchev–Trinajstić information content (AvgIpc) is 3.42. The predicted molar refractivity (Wildman–Crippen MR) is 180 cm³/mol. The van der Waals surface area contributed by atoms with Crippen molar-refractivity contribution in [1.82, 2.24) is 4.57 Å². The highest BCUT2D eigenvalue weighted by atomic mass is 19.1. The third kappa shape index (κ3) is 3.47. The fourth-order valence-corrected chi connectivity index (χ4v) is 6.84. The van der Waals surface area contributed by atoms with Crippen molar-refractivity contribution in [2.24, 2.45) is 0 Å². The Morgan fingerprint density at radius 1 is 0.500 bits per heavy atom. The number of benzene rings is 7. The summed E-state index contributed by atoms with van der Waals surface area (Å²) in [5.41, 5.74) is 1.60. The standard InChI is InChI=1S/C40H20FN3O2/c41-37-29(21-42)39-40(30(22-43)38(37)44-31-15-7-5-13-27(31)28-14-6-8-16-32(28)44)46-34-20-18-24-10-2-4-12-26(24)36(34)35-25-11-3-1-9-23(25)17-19-33(35)45-39/h1-20H. The minimum absolute atomic E-state index is 0.0207. The smallest absolute Gasteiger partial charge is 0.192 e. The number of para-hydroxylation sites is 2. The van der Waals surface area contributed by atoms with Gasteiger partial charge in [-0.15, -0.1) is 0 Å². The molecular formula is C40H20FN3O2. The molecule has 7 aromatic carbocycles. The number of nitrogens with zero attached hydrogens (tertiary/aromatic N) is 3. The zero-order valence-electron chi connectivity index (χ0n) is 24.1. The Kier molecular flexibility index (Phi) is 5.44. The average molecular weight is 594 g/mol. The molecule has 214 valence electrons. The van der Waals surface area contributed by atoms with Crippen LogP contribution in [0, 0.1) is 28.5 Å². The van der Waals surface area contributed by atoms with Gasteiger partial charge < -0.3 is 13.4 Å². The lowest BCUT2D eigenvalue weighted by Gasteiger charge is -2.15. The first-order chi connectivity index (χ1) is 22.7. The normalized spacial score (nSPS) is 11.5. The van der Waals surface area contributed by atoms with Gasteiger partial charge in [0.05, 0.1) is 11.0 Å². The summed E-state index contributed by atoms with van der Waals surface area (Å²) in [5.74, 6) is -0.866. The molecule has 0 N–H and O–H groups in total. The van der Waals surface area contributed by atoms with Gasteiger partial charge in [0.1, 0.15) is 40.1 Å². The summed E-state index contributed by atoms with van der Waals surface area (Å²) < 4.78 is 31.9. The van der Waals surface area contributed by atoms with Crippen LogP contribution in [-0.4, -0.2) is 4.57 Å². The van der Waals surface area contributed by atoms with Crippen LogP contribution in [0.3, 0.4) is 0 Å². The molecule has 0 atom stereocenters. The topological polar surface area (TPSA) is 78.8 Å². The van der Waals surface area contributed by atoms with Gasteiger partial charge in [0.15, 0.2) is 17.0 Å². The van der Waals surface area contributed by atoms with Crippen LogP contribution >= 0.6 is 0 Å². The lowest BCUT2D eigenvalue weighted by atomic mass is 9.98. The molecule has 0 unspecified atom stereocenters. The van der Waals surface area contributed by atoms with E-state index in [1.807, 2.05) is 127 Å². The maximum atomic E-state index is 17.0. The van der Waals surface area contributed by atoms with Gasteiger partial charge in [-0.05, 0) is 45.8 Å². The Morgan fingerprint density at radius 3 is 1.43 bits per heavy atom. The molecule has 0 aliphatic heterocycles. The Bertz CT molecular complexity index is 2860. The van der Waals surface area contributed by atoms with E-state index in [-0.39, 0.29) is 28.0 Å². The Hall–Kier alpha value is -6.63. The Labute approximate surface area is 260 Å². The van der Waals surface area contributed by atoms with E-state index in [9.17, 15) is 10.5 Å². The minimum Gasteiger partial charge on any atom is -0.451 e. The van der Waals surface area contributed by atoms with E-state index >= 15 is 4.39 Å². The highest BCUT2D eigenvalue weighted by Crippen LogP contribution is 2.41. The van der Waals surface area contributed by atoms with Crippen LogP contribution in [0.25, 0.3) is 82.1 Å². The summed E-state index contributed by atoms with van der Waals surface area (Å²) in [4.78, 5) is 0. The summed E-state index contributed by atoms with van der Waals surface area (Å²) >= 11 is 0. The van der Waals surface area contributed by atoms with Crippen LogP contribution in [0.2, 0.25) is 0 Å². The first kappa shape index (κ1) is 25.8. The van der Waals surface area contributed by atoms with Crippen LogP contribution in [-0.2, 0) is 0 Å². The van der Waals surface area contributed by atoms with Crippen LogP contribution < -0.4 is 0 Å². The van der Waals surface area contributed by atoms with Crippen molar-refractivity contribution in [2.75, 3.05) is 0 Å². The van der Waals surface area contributed by atoms with Crippen molar-refractivity contribution < 1.29 is 13.2 Å². The number of nitriles is 2. The molecule has 5 nitrogen and oxygen atoms in total. The lowest BCUT2D eigenvalue weighted by Crippen LogP contribution is -2.05. The molecule has 0 fully saturated rings. The molecule has 0 amide bonds. The summed E-state index contributed by atoms with van der Waals surface area (Å²) in [6.07, 6.45) is 0. The molecule has 0 saturated heterocycles. The molecule has 0 saturated carbocycles. The molecule has 0 aliphatic carbocycles. The molecule has 9 aromatic rings. The van der Waals surface area contributed by atoms with Crippen molar-refractivity contribution in [3.8, 4) is 17.8 Å². The van der Waals surface area contributed by atoms with Gasteiger partial charge in [-0.2, -0.15) is 10.5 Å². The highest BCUT2D eigenvalue weighted by molar-refractivity contribution is 6.25. The second-order valence-corrected chi connectivity index (χ2v) is 11.2. The van der Waals surface area contributed by atoms with Crippen molar-refractivity contribution in [2.45, 2.75) is 0 Å². The zero-order chi connectivity index (χ0) is 30.9. The van der Waals surface area contributed by atoms with Gasteiger partial charge in [0, 0.05) is 21.5 Å². The van der Waals surface area contributed by atoms with Gasteiger partial charge >= 0.3 is 0 Å². The lowest BCUT2D eigenvalue weighted by molar-refractivity contribution is 0.589. The van der Waals surface area contributed by atoms with Crippen molar-refractivity contribution >= 4 is 76.5 Å². The summed E-state index contributed by atoms with van der Waals surface area (Å²) in [6, 6.07) is 43.0. The van der Waals surface area contributed by atoms with E-state index < -0.39 is 5.82 Å². The van der Waals surface area contributed by atoms with Crippen LogP contribution in [0.5, 0.6) is 0 Å². The summed E-state index contributed by atoms with van der Waals surface area (Å²) in [6.45, 7) is 0. The molecule has 0 bridgehead atoms. The van der Waals surface area contributed by atoms with Gasteiger partial charge in [0.25, 0.3) is 0 Å². The molecule has 0 aliphatic rings. The molecule has 0 spiro atoms. The number of fused-ring (bicyclic) bond motifs is 11. The van der Waals surface area contributed by atoms with Crippen molar-refractivity contribution in [3.05, 3.63) is 138 Å². The van der Waals surface area contributed by atoms with E-state index in [0.717, 1.165) is 43.1 Å². The monoisotopic (exact) mass is 593 g/mol. The van der Waals surface area contributed by atoms with E-state index in [1.165, 1.54) is 0 Å². The van der Waals surface area contributed by atoms with Crippen LogP contribution in [0.15, 0.2) is 130 Å². The number of aromatic nitrogens is 1. The number of hydrogen-bond donors (Lipinski definition) is 0. The molecule has 0 radical (unpaired) electrons. The van der Waals surface area contributed by atoms with Crippen LogP contribution in [0.1, 0.15) is 11.1 Å². The molecular weight excluding hydrogens is 573 g/mol. The second kappa shape index (κ2) is 9.69. The van der Waals surface area contributed by atoms with Gasteiger partial charge in [-0.25, -0.2) is 4.39 Å². The molecule has 9 rings (SSSR count). The second-order valence-electron chi connectivity index (χ2n) is 11.2. The third-order valence-electron chi connectivity index (χ3n) is 8.81. The Morgan fingerprint density at radius 2 is 0.935 bits per heavy atom. The Balaban J connectivity index is 1.58. The number of halogens is 1. The summed E-state index contributed by atoms with van der Waals surface area (Å²) in [7, 11) is 0. The minimum atomic E-state index is -0.866. The van der Waals surface area contributed by atoms with Crippen molar-refractivity contribution in [3.63, 3.8) is 0 Å².